The summed E-state index contributed by atoms with van der Waals surface area (Å²) < 4.78 is 0. The van der Waals surface area contributed by atoms with Crippen LogP contribution in [-0.2, 0) is 42.3 Å². The highest BCUT2D eigenvalue weighted by molar-refractivity contribution is 6.05. The topological polar surface area (TPSA) is 111 Å². The molecule has 1 unspecified atom stereocenters. The van der Waals surface area contributed by atoms with Gasteiger partial charge in [0.1, 0.15) is 6.04 Å². The first-order valence-electron chi connectivity index (χ1n) is 11.0. The van der Waals surface area contributed by atoms with Crippen LogP contribution in [0.3, 0.4) is 0 Å². The Hall–Kier alpha value is -3.23. The van der Waals surface area contributed by atoms with Gasteiger partial charge in [-0.05, 0) is 59.3 Å². The van der Waals surface area contributed by atoms with Crippen molar-refractivity contribution >= 4 is 23.4 Å². The number of nitrogens with zero attached hydrogens (tertiary/aromatic N) is 1. The Kier molecular flexibility index (Phi) is 5.40. The second kappa shape index (κ2) is 8.37. The number of rotatable bonds is 5. The minimum Gasteiger partial charge on any atom is -0.392 e. The van der Waals surface area contributed by atoms with Crippen LogP contribution in [0.15, 0.2) is 30.3 Å². The van der Waals surface area contributed by atoms with Crippen LogP contribution in [0.2, 0.25) is 0 Å². The summed E-state index contributed by atoms with van der Waals surface area (Å²) >= 11 is 0. The molecule has 166 valence electrons. The Balaban J connectivity index is 1.37. The van der Waals surface area contributed by atoms with E-state index in [1.165, 1.54) is 5.56 Å². The molecule has 3 aliphatic rings. The highest BCUT2D eigenvalue weighted by atomic mass is 16.3. The summed E-state index contributed by atoms with van der Waals surface area (Å²) in [7, 11) is 0. The second-order valence-electron chi connectivity index (χ2n) is 8.51. The summed E-state index contributed by atoms with van der Waals surface area (Å²) in [5.41, 5.74) is 6.93. The molecule has 0 saturated carbocycles. The van der Waals surface area contributed by atoms with E-state index in [-0.39, 0.29) is 24.8 Å². The zero-order valence-electron chi connectivity index (χ0n) is 17.7. The van der Waals surface area contributed by atoms with Crippen LogP contribution in [0, 0.1) is 0 Å². The molecule has 8 heteroatoms. The fourth-order valence-corrected chi connectivity index (χ4v) is 4.99. The maximum absolute atomic E-state index is 13.0. The van der Waals surface area contributed by atoms with Gasteiger partial charge in [0.2, 0.25) is 11.8 Å². The lowest BCUT2D eigenvalue weighted by molar-refractivity contribution is -0.136. The summed E-state index contributed by atoms with van der Waals surface area (Å²) in [5.74, 6) is -0.843. The Morgan fingerprint density at radius 1 is 1.03 bits per heavy atom. The molecule has 8 nitrogen and oxygen atoms in total. The predicted octanol–water partition coefficient (Wildman–Crippen LogP) is 1.20. The van der Waals surface area contributed by atoms with Crippen LogP contribution in [-0.4, -0.2) is 40.3 Å². The average molecular weight is 434 g/mol. The molecule has 3 amide bonds. The molecule has 1 fully saturated rings. The average Bonchev–Trinajstić information content (AvgIpc) is 3.14. The number of benzene rings is 2. The molecular formula is C24H26N4O4. The summed E-state index contributed by atoms with van der Waals surface area (Å²) in [5, 5.41) is 18.9. The molecule has 5 rings (SSSR count). The molecule has 0 spiro atoms. The van der Waals surface area contributed by atoms with Gasteiger partial charge in [-0.3, -0.25) is 19.7 Å². The molecular weight excluding hydrogens is 408 g/mol. The number of anilines is 1. The quantitative estimate of drug-likeness (QED) is 0.527. The molecule has 32 heavy (non-hydrogen) atoms. The van der Waals surface area contributed by atoms with Crippen LogP contribution in [0.25, 0.3) is 0 Å². The number of nitrogens with one attached hydrogen (secondary N) is 3. The lowest BCUT2D eigenvalue weighted by Gasteiger charge is -2.29. The van der Waals surface area contributed by atoms with Crippen molar-refractivity contribution in [3.8, 4) is 0 Å². The largest absolute Gasteiger partial charge is 0.392 e. The van der Waals surface area contributed by atoms with Gasteiger partial charge in [0.15, 0.2) is 0 Å². The van der Waals surface area contributed by atoms with Gasteiger partial charge in [-0.2, -0.15) is 0 Å². The Morgan fingerprint density at radius 3 is 2.72 bits per heavy atom. The van der Waals surface area contributed by atoms with E-state index < -0.39 is 11.9 Å². The zero-order valence-corrected chi connectivity index (χ0v) is 17.7. The van der Waals surface area contributed by atoms with Gasteiger partial charge in [0.05, 0.1) is 6.61 Å². The maximum atomic E-state index is 13.0. The molecule has 0 bridgehead atoms. The van der Waals surface area contributed by atoms with Gasteiger partial charge in [-0.25, -0.2) is 0 Å². The van der Waals surface area contributed by atoms with Gasteiger partial charge < -0.3 is 20.6 Å². The lowest BCUT2D eigenvalue weighted by Crippen LogP contribution is -2.52. The van der Waals surface area contributed by atoms with E-state index in [0.29, 0.717) is 25.1 Å². The minimum absolute atomic E-state index is 0.0226. The number of aliphatic hydroxyl groups is 1. The number of hydrogen-bond donors (Lipinski definition) is 4. The van der Waals surface area contributed by atoms with Crippen molar-refractivity contribution < 1.29 is 19.5 Å². The molecule has 0 radical (unpaired) electrons. The number of aliphatic hydroxyl groups excluding tert-OH is 1. The first kappa shape index (κ1) is 20.7. The van der Waals surface area contributed by atoms with E-state index in [0.717, 1.165) is 47.5 Å². The van der Waals surface area contributed by atoms with Gasteiger partial charge in [0.25, 0.3) is 5.91 Å². The fourth-order valence-electron chi connectivity index (χ4n) is 4.99. The third-order valence-corrected chi connectivity index (χ3v) is 6.70. The van der Waals surface area contributed by atoms with E-state index in [1.807, 2.05) is 24.3 Å². The first-order valence-corrected chi connectivity index (χ1v) is 11.0. The molecule has 3 heterocycles. The van der Waals surface area contributed by atoms with Crippen molar-refractivity contribution in [3.05, 3.63) is 63.7 Å². The fraction of sp³-hybridized carbons (Fsp3) is 0.375. The first-order chi connectivity index (χ1) is 15.6. The summed E-state index contributed by atoms with van der Waals surface area (Å²) in [6, 6.07) is 9.03. The van der Waals surface area contributed by atoms with Crippen molar-refractivity contribution in [2.24, 2.45) is 0 Å². The molecule has 2 aromatic rings. The lowest BCUT2D eigenvalue weighted by atomic mass is 9.94. The van der Waals surface area contributed by atoms with Gasteiger partial charge in [0, 0.05) is 37.3 Å². The van der Waals surface area contributed by atoms with Gasteiger partial charge >= 0.3 is 0 Å². The summed E-state index contributed by atoms with van der Waals surface area (Å²) in [4.78, 5) is 38.4. The number of carbonyl (C=O) groups excluding carboxylic acids is 3. The zero-order chi connectivity index (χ0) is 22.2. The third kappa shape index (κ3) is 3.55. The van der Waals surface area contributed by atoms with Crippen molar-refractivity contribution in [1.29, 1.82) is 0 Å². The van der Waals surface area contributed by atoms with Crippen molar-refractivity contribution in [1.82, 2.24) is 15.5 Å². The maximum Gasteiger partial charge on any atom is 0.255 e. The number of carbonyl (C=O) groups is 3. The molecule has 1 atom stereocenters. The molecule has 3 aliphatic heterocycles. The smallest absolute Gasteiger partial charge is 0.255 e. The minimum atomic E-state index is -0.612. The highest BCUT2D eigenvalue weighted by Gasteiger charge is 2.39. The normalized spacial score (nSPS) is 20.1. The predicted molar refractivity (Wildman–Crippen MR) is 118 cm³/mol. The third-order valence-electron chi connectivity index (χ3n) is 6.70. The number of imide groups is 1. The van der Waals surface area contributed by atoms with Gasteiger partial charge in [-0.15, -0.1) is 0 Å². The van der Waals surface area contributed by atoms with Gasteiger partial charge in [-0.1, -0.05) is 18.2 Å². The van der Waals surface area contributed by atoms with E-state index in [1.54, 1.807) is 11.0 Å². The molecule has 0 aromatic heterocycles. The highest BCUT2D eigenvalue weighted by Crippen LogP contribution is 2.31. The van der Waals surface area contributed by atoms with Crippen LogP contribution in [0.5, 0.6) is 0 Å². The van der Waals surface area contributed by atoms with E-state index in [4.69, 9.17) is 0 Å². The Bertz CT molecular complexity index is 1110. The second-order valence-corrected chi connectivity index (χ2v) is 8.51. The standard InChI is InChI=1S/C24H26N4O4/c29-13-15-4-5-20(16-8-9-25-11-18(15)16)26-10-14-2-1-3-17-19(14)12-28(24(17)32)21-6-7-22(30)27-23(21)31/h1-5,21,25-26,29H,6-13H2,(H,27,30,31). The molecule has 2 aromatic carbocycles. The van der Waals surface area contributed by atoms with E-state index in [2.05, 4.69) is 16.0 Å². The molecule has 0 aliphatic carbocycles. The van der Waals surface area contributed by atoms with E-state index in [9.17, 15) is 19.5 Å². The summed E-state index contributed by atoms with van der Waals surface area (Å²) in [6.45, 7) is 2.58. The number of fused-ring (bicyclic) bond motifs is 2. The van der Waals surface area contributed by atoms with Crippen molar-refractivity contribution in [3.63, 3.8) is 0 Å². The van der Waals surface area contributed by atoms with Crippen LogP contribution in [0.1, 0.15) is 51.0 Å². The van der Waals surface area contributed by atoms with Crippen molar-refractivity contribution in [2.75, 3.05) is 11.9 Å². The number of amides is 3. The number of piperidine rings is 1. The monoisotopic (exact) mass is 434 g/mol. The Morgan fingerprint density at radius 2 is 1.91 bits per heavy atom. The summed E-state index contributed by atoms with van der Waals surface area (Å²) in [6.07, 6.45) is 1.49. The number of hydrogen-bond acceptors (Lipinski definition) is 6. The molecule has 4 N–H and O–H groups in total. The van der Waals surface area contributed by atoms with E-state index >= 15 is 0 Å². The molecule has 1 saturated heterocycles. The van der Waals surface area contributed by atoms with Crippen LogP contribution in [0.4, 0.5) is 5.69 Å². The van der Waals surface area contributed by atoms with Crippen LogP contribution >= 0.6 is 0 Å². The SMILES string of the molecule is O=C1CCC(N2Cc3c(CNc4ccc(CO)c5c4CCNC5)cccc3C2=O)C(=O)N1. The van der Waals surface area contributed by atoms with Crippen LogP contribution < -0.4 is 16.0 Å². The Labute approximate surface area is 186 Å². The van der Waals surface area contributed by atoms with Crippen molar-refractivity contribution in [2.45, 2.75) is 51.5 Å².